The predicted octanol–water partition coefficient (Wildman–Crippen LogP) is 15.9. The van der Waals surface area contributed by atoms with Gasteiger partial charge in [0.05, 0.1) is 0 Å². The SMILES string of the molecule is c1ccc2c(-c3ccc4c(-c5ccc6c(ccc7ccccc76)c5)cc5c6ccccc6c(-c6ccc7c(ccc8ccccc87)c6)cc5c4c3)cccc2c1. The van der Waals surface area contributed by atoms with Crippen LogP contribution >= 0.6 is 0 Å². The number of benzene rings is 12. The summed E-state index contributed by atoms with van der Waals surface area (Å²) < 4.78 is 0. The van der Waals surface area contributed by atoms with Crippen molar-refractivity contribution in [1.82, 2.24) is 0 Å². The summed E-state index contributed by atoms with van der Waals surface area (Å²) in [5.41, 5.74) is 7.45. The van der Waals surface area contributed by atoms with Gasteiger partial charge in [-0.1, -0.05) is 176 Å². The maximum absolute atomic E-state index is 2.46. The van der Waals surface area contributed by atoms with Gasteiger partial charge in [0.2, 0.25) is 0 Å². The van der Waals surface area contributed by atoms with Gasteiger partial charge in [-0.15, -0.1) is 0 Å². The molecule has 0 N–H and O–H groups in total. The maximum atomic E-state index is 2.46. The van der Waals surface area contributed by atoms with Crippen molar-refractivity contribution in [1.29, 1.82) is 0 Å². The van der Waals surface area contributed by atoms with Crippen LogP contribution in [0.25, 0.3) is 120 Å². The molecule has 0 saturated carbocycles. The minimum atomic E-state index is 1.23. The molecule has 0 bridgehead atoms. The highest BCUT2D eigenvalue weighted by Gasteiger charge is 2.17. The van der Waals surface area contributed by atoms with Crippen LogP contribution in [0.15, 0.2) is 206 Å². The third kappa shape index (κ3) is 4.73. The van der Waals surface area contributed by atoms with Crippen molar-refractivity contribution < 1.29 is 0 Å². The highest BCUT2D eigenvalue weighted by atomic mass is 14.2. The van der Waals surface area contributed by atoms with Crippen molar-refractivity contribution in [3.05, 3.63) is 206 Å². The van der Waals surface area contributed by atoms with Gasteiger partial charge >= 0.3 is 0 Å². The summed E-state index contributed by atoms with van der Waals surface area (Å²) in [6.07, 6.45) is 0. The molecule has 0 atom stereocenters. The van der Waals surface area contributed by atoms with E-state index in [0.717, 1.165) is 0 Å². The first-order valence-electron chi connectivity index (χ1n) is 19.5. The summed E-state index contributed by atoms with van der Waals surface area (Å²) in [5, 5.41) is 20.3. The number of hydrogen-bond donors (Lipinski definition) is 0. The molecular formula is C56H34. The zero-order valence-electron chi connectivity index (χ0n) is 30.6. The van der Waals surface area contributed by atoms with E-state index in [9.17, 15) is 0 Å². The van der Waals surface area contributed by atoms with Gasteiger partial charge in [-0.3, -0.25) is 0 Å². The van der Waals surface area contributed by atoms with Crippen LogP contribution in [-0.4, -0.2) is 0 Å². The van der Waals surface area contributed by atoms with E-state index in [-0.39, 0.29) is 0 Å². The monoisotopic (exact) mass is 706 g/mol. The van der Waals surface area contributed by atoms with Gasteiger partial charge < -0.3 is 0 Å². The van der Waals surface area contributed by atoms with Crippen molar-refractivity contribution in [2.45, 2.75) is 0 Å². The van der Waals surface area contributed by atoms with Crippen LogP contribution in [0.3, 0.4) is 0 Å². The highest BCUT2D eigenvalue weighted by molar-refractivity contribution is 6.25. The molecule has 0 aromatic heterocycles. The molecule has 0 nitrogen and oxygen atoms in total. The Hall–Kier alpha value is -7.28. The zero-order valence-corrected chi connectivity index (χ0v) is 30.6. The predicted molar refractivity (Wildman–Crippen MR) is 243 cm³/mol. The van der Waals surface area contributed by atoms with E-state index >= 15 is 0 Å². The molecule has 0 fully saturated rings. The van der Waals surface area contributed by atoms with Crippen molar-refractivity contribution in [2.75, 3.05) is 0 Å². The zero-order chi connectivity index (χ0) is 36.7. The third-order valence-corrected chi connectivity index (χ3v) is 12.2. The Morgan fingerprint density at radius 2 is 0.536 bits per heavy atom. The average Bonchev–Trinajstić information content (AvgIpc) is 3.27. The Kier molecular flexibility index (Phi) is 6.73. The molecule has 0 aliphatic carbocycles. The average molecular weight is 707 g/mol. The van der Waals surface area contributed by atoms with Crippen LogP contribution in [0.2, 0.25) is 0 Å². The first-order chi connectivity index (χ1) is 27.7. The molecule has 0 aliphatic rings. The highest BCUT2D eigenvalue weighted by Crippen LogP contribution is 2.44. The molecular weight excluding hydrogens is 673 g/mol. The molecule has 0 heterocycles. The van der Waals surface area contributed by atoms with Crippen LogP contribution in [-0.2, 0) is 0 Å². The maximum Gasteiger partial charge on any atom is -0.00921 e. The summed E-state index contributed by atoms with van der Waals surface area (Å²) >= 11 is 0. The molecule has 0 aliphatic heterocycles. The van der Waals surface area contributed by atoms with Crippen molar-refractivity contribution >= 4 is 86.2 Å². The quantitative estimate of drug-likeness (QED) is 0.160. The van der Waals surface area contributed by atoms with Gasteiger partial charge in [-0.25, -0.2) is 0 Å². The van der Waals surface area contributed by atoms with Gasteiger partial charge in [-0.2, -0.15) is 0 Å². The molecule has 12 rings (SSSR count). The summed E-state index contributed by atoms with van der Waals surface area (Å²) in [5.74, 6) is 0. The van der Waals surface area contributed by atoms with E-state index in [2.05, 4.69) is 206 Å². The number of fused-ring (bicyclic) bond motifs is 12. The van der Waals surface area contributed by atoms with E-state index in [0.29, 0.717) is 0 Å². The smallest absolute Gasteiger partial charge is 0.00921 e. The Morgan fingerprint density at radius 3 is 1.14 bits per heavy atom. The van der Waals surface area contributed by atoms with Crippen molar-refractivity contribution in [2.24, 2.45) is 0 Å². The van der Waals surface area contributed by atoms with Crippen molar-refractivity contribution in [3.63, 3.8) is 0 Å². The lowest BCUT2D eigenvalue weighted by Gasteiger charge is -2.18. The minimum Gasteiger partial charge on any atom is -0.0616 e. The Bertz CT molecular complexity index is 3580. The molecule has 0 heteroatoms. The molecule has 0 amide bonds. The number of hydrogen-bond acceptors (Lipinski definition) is 0. The van der Waals surface area contributed by atoms with Crippen LogP contribution in [0.5, 0.6) is 0 Å². The Morgan fingerprint density at radius 1 is 0.161 bits per heavy atom. The van der Waals surface area contributed by atoms with Crippen LogP contribution in [0.4, 0.5) is 0 Å². The van der Waals surface area contributed by atoms with Gasteiger partial charge in [-0.05, 0) is 150 Å². The first-order valence-corrected chi connectivity index (χ1v) is 19.5. The normalized spacial score (nSPS) is 11.9. The summed E-state index contributed by atoms with van der Waals surface area (Å²) in [7, 11) is 0. The largest absolute Gasteiger partial charge is 0.0616 e. The molecule has 12 aromatic carbocycles. The van der Waals surface area contributed by atoms with Gasteiger partial charge in [0.25, 0.3) is 0 Å². The molecule has 0 saturated heterocycles. The second-order valence-electron chi connectivity index (χ2n) is 15.2. The lowest BCUT2D eigenvalue weighted by molar-refractivity contribution is 1.67. The van der Waals surface area contributed by atoms with E-state index < -0.39 is 0 Å². The fourth-order valence-corrected chi connectivity index (χ4v) is 9.48. The van der Waals surface area contributed by atoms with E-state index in [1.165, 1.54) is 120 Å². The standard InChI is InChI=1S/C56H34/c1-4-14-43-35(10-1)13-9-19-46(43)42-26-29-51-53(41-25-28-48-39(31-41)23-21-37-12-3-6-16-45(37)48)33-55-50-18-8-7-17-49(50)52(34-56(55)54(51)32-42)40-24-27-47-38(30-40)22-20-36-11-2-5-15-44(36)47/h1-34H. The molecule has 0 radical (unpaired) electrons. The summed E-state index contributed by atoms with van der Waals surface area (Å²) in [4.78, 5) is 0. The number of rotatable bonds is 3. The van der Waals surface area contributed by atoms with Gasteiger partial charge in [0.1, 0.15) is 0 Å². The fraction of sp³-hybridized carbons (Fsp3) is 0. The third-order valence-electron chi connectivity index (χ3n) is 12.2. The molecule has 0 spiro atoms. The topological polar surface area (TPSA) is 0 Å². The lowest BCUT2D eigenvalue weighted by Crippen LogP contribution is -1.91. The molecule has 56 heavy (non-hydrogen) atoms. The van der Waals surface area contributed by atoms with Crippen LogP contribution in [0.1, 0.15) is 0 Å². The van der Waals surface area contributed by atoms with Crippen LogP contribution in [0, 0.1) is 0 Å². The first kappa shape index (κ1) is 31.1. The van der Waals surface area contributed by atoms with Gasteiger partial charge in [0, 0.05) is 0 Å². The van der Waals surface area contributed by atoms with E-state index in [4.69, 9.17) is 0 Å². The summed E-state index contributed by atoms with van der Waals surface area (Å²) in [6, 6.07) is 76.9. The molecule has 0 unspecified atom stereocenters. The lowest BCUT2D eigenvalue weighted by atomic mass is 9.85. The summed E-state index contributed by atoms with van der Waals surface area (Å²) in [6.45, 7) is 0. The second kappa shape index (κ2) is 12.1. The molecule has 258 valence electrons. The molecule has 12 aromatic rings. The Labute approximate surface area is 324 Å². The minimum absolute atomic E-state index is 1.23. The van der Waals surface area contributed by atoms with E-state index in [1.807, 2.05) is 0 Å². The fourth-order valence-electron chi connectivity index (χ4n) is 9.48. The second-order valence-corrected chi connectivity index (χ2v) is 15.2. The van der Waals surface area contributed by atoms with Gasteiger partial charge in [0.15, 0.2) is 0 Å². The van der Waals surface area contributed by atoms with Crippen molar-refractivity contribution in [3.8, 4) is 33.4 Å². The van der Waals surface area contributed by atoms with E-state index in [1.54, 1.807) is 0 Å². The Balaban J connectivity index is 1.16. The van der Waals surface area contributed by atoms with Crippen LogP contribution < -0.4 is 0 Å².